The maximum Gasteiger partial charge on any atom is 0.441 e. The summed E-state index contributed by atoms with van der Waals surface area (Å²) in [6.45, 7) is 2.35. The lowest BCUT2D eigenvalue weighted by molar-refractivity contribution is -0.114. The van der Waals surface area contributed by atoms with Crippen LogP contribution in [0, 0.1) is 12.3 Å². The van der Waals surface area contributed by atoms with Crippen molar-refractivity contribution in [3.8, 4) is 0 Å². The van der Waals surface area contributed by atoms with Gasteiger partial charge in [-0.05, 0) is 42.5 Å². The Labute approximate surface area is 200 Å². The van der Waals surface area contributed by atoms with Gasteiger partial charge < -0.3 is 4.57 Å². The standard InChI is InChI=1S/C23H15ClF3N5OS/c1-12-15(10-16-19(28)32-22(29-20(16)33)34-21(30-32)23(25,26)27)14-7-3-5-9-18(14)31(12)11-13-6-2-4-8-17(13)24/h2-10,28H,11H2,1H3/b16-10+,28-19?. The van der Waals surface area contributed by atoms with Crippen molar-refractivity contribution in [2.24, 2.45) is 10.1 Å². The van der Waals surface area contributed by atoms with Gasteiger partial charge >= 0.3 is 6.18 Å². The lowest BCUT2D eigenvalue weighted by atomic mass is 10.1. The molecule has 6 nitrogen and oxygen atoms in total. The number of fused-ring (bicyclic) bond motifs is 2. The normalized spacial score (nSPS) is 17.4. The minimum absolute atomic E-state index is 0.139. The number of amides is 1. The largest absolute Gasteiger partial charge is 0.441 e. The van der Waals surface area contributed by atoms with E-state index < -0.39 is 23.0 Å². The maximum absolute atomic E-state index is 13.1. The van der Waals surface area contributed by atoms with E-state index in [0.717, 1.165) is 27.2 Å². The van der Waals surface area contributed by atoms with Crippen LogP contribution in [0.5, 0.6) is 0 Å². The zero-order valence-corrected chi connectivity index (χ0v) is 19.1. The summed E-state index contributed by atoms with van der Waals surface area (Å²) in [7, 11) is 0. The Kier molecular flexibility index (Phi) is 5.37. The van der Waals surface area contributed by atoms with Gasteiger partial charge in [-0.3, -0.25) is 10.2 Å². The summed E-state index contributed by atoms with van der Waals surface area (Å²) in [6, 6.07) is 15.0. The summed E-state index contributed by atoms with van der Waals surface area (Å²) in [5, 5.41) is 12.6. The predicted octanol–water partition coefficient (Wildman–Crippen LogP) is 5.83. The van der Waals surface area contributed by atoms with E-state index in [0.29, 0.717) is 17.1 Å². The molecular weight excluding hydrogens is 487 g/mol. The van der Waals surface area contributed by atoms with E-state index in [1.165, 1.54) is 6.08 Å². The maximum atomic E-state index is 13.1. The number of hydrogen-bond donors (Lipinski definition) is 1. The lowest BCUT2D eigenvalue weighted by Crippen LogP contribution is -2.35. The van der Waals surface area contributed by atoms with E-state index in [1.54, 1.807) is 0 Å². The molecule has 2 aliphatic heterocycles. The van der Waals surface area contributed by atoms with Crippen molar-refractivity contribution in [3.63, 3.8) is 0 Å². The van der Waals surface area contributed by atoms with Crippen LogP contribution < -0.4 is 0 Å². The molecule has 0 radical (unpaired) electrons. The number of carbonyl (C=O) groups excluding carboxylic acids is 1. The highest BCUT2D eigenvalue weighted by molar-refractivity contribution is 8.27. The molecule has 0 spiro atoms. The molecule has 0 aliphatic carbocycles. The molecule has 0 fully saturated rings. The third kappa shape index (κ3) is 3.72. The molecule has 11 heteroatoms. The van der Waals surface area contributed by atoms with Crippen molar-refractivity contribution in [1.29, 1.82) is 5.41 Å². The average Bonchev–Trinajstić information content (AvgIpc) is 3.33. The van der Waals surface area contributed by atoms with Gasteiger partial charge in [0.2, 0.25) is 10.2 Å². The van der Waals surface area contributed by atoms with Gasteiger partial charge in [-0.15, -0.1) is 0 Å². The van der Waals surface area contributed by atoms with E-state index in [9.17, 15) is 18.0 Å². The molecule has 34 heavy (non-hydrogen) atoms. The first-order valence-electron chi connectivity index (χ1n) is 10.0. The molecule has 1 N–H and O–H groups in total. The molecule has 172 valence electrons. The van der Waals surface area contributed by atoms with Crippen LogP contribution in [-0.2, 0) is 11.3 Å². The predicted molar refractivity (Wildman–Crippen MR) is 128 cm³/mol. The number of nitrogens with zero attached hydrogens (tertiary/aromatic N) is 4. The SMILES string of the molecule is Cc1c(/C=C2\C(=N)N3N=C(C(F)(F)F)SC3=NC2=O)c2ccccc2n1Cc1ccccc1Cl. The molecular formula is C23H15ClF3N5OS. The van der Waals surface area contributed by atoms with Gasteiger partial charge in [-0.2, -0.15) is 28.3 Å². The quantitative estimate of drug-likeness (QED) is 0.459. The molecule has 1 aromatic heterocycles. The molecule has 2 aliphatic rings. The molecule has 2 aromatic carbocycles. The number of carbonyl (C=O) groups is 1. The molecule has 0 atom stereocenters. The third-order valence-corrected chi connectivity index (χ3v) is 6.87. The topological polar surface area (TPSA) is 73.8 Å². The number of nitrogens with one attached hydrogen (secondary N) is 1. The van der Waals surface area contributed by atoms with Gasteiger partial charge in [0, 0.05) is 33.7 Å². The first kappa shape index (κ1) is 22.4. The lowest BCUT2D eigenvalue weighted by Gasteiger charge is -2.20. The van der Waals surface area contributed by atoms with Crippen molar-refractivity contribution in [2.45, 2.75) is 19.6 Å². The van der Waals surface area contributed by atoms with Crippen molar-refractivity contribution in [2.75, 3.05) is 0 Å². The van der Waals surface area contributed by atoms with Crippen LogP contribution in [-0.4, -0.2) is 37.7 Å². The highest BCUT2D eigenvalue weighted by atomic mass is 35.5. The van der Waals surface area contributed by atoms with Crippen LogP contribution in [0.25, 0.3) is 17.0 Å². The number of aliphatic imine (C=N–C) groups is 1. The van der Waals surface area contributed by atoms with E-state index in [1.807, 2.05) is 60.0 Å². The number of halogens is 4. The molecule has 0 saturated heterocycles. The number of hydrazone groups is 1. The Morgan fingerprint density at radius 3 is 2.59 bits per heavy atom. The van der Waals surface area contributed by atoms with Gasteiger partial charge in [0.15, 0.2) is 5.84 Å². The molecule has 0 unspecified atom stereocenters. The molecule has 0 bridgehead atoms. The van der Waals surface area contributed by atoms with Crippen molar-refractivity contribution >= 4 is 62.3 Å². The van der Waals surface area contributed by atoms with E-state index in [2.05, 4.69) is 10.1 Å². The number of hydrogen-bond acceptors (Lipinski definition) is 4. The Balaban J connectivity index is 1.61. The average molecular weight is 502 g/mol. The molecule has 3 aromatic rings. The summed E-state index contributed by atoms with van der Waals surface area (Å²) in [6.07, 6.45) is -3.20. The first-order chi connectivity index (χ1) is 16.1. The zero-order valence-electron chi connectivity index (χ0n) is 17.5. The Morgan fingerprint density at radius 2 is 1.85 bits per heavy atom. The summed E-state index contributed by atoms with van der Waals surface area (Å²) >= 11 is 6.59. The number of thioether (sulfide) groups is 1. The van der Waals surface area contributed by atoms with Crippen LogP contribution >= 0.6 is 23.4 Å². The minimum Gasteiger partial charge on any atom is -0.340 e. The summed E-state index contributed by atoms with van der Waals surface area (Å²) in [5.74, 6) is -1.24. The Morgan fingerprint density at radius 1 is 1.15 bits per heavy atom. The fraction of sp³-hybridized carbons (Fsp3) is 0.130. The molecule has 1 amide bonds. The molecule has 0 saturated carbocycles. The number of amidine groups is 2. The van der Waals surface area contributed by atoms with Crippen LogP contribution in [0.15, 0.2) is 64.2 Å². The minimum atomic E-state index is -4.69. The van der Waals surface area contributed by atoms with Crippen molar-refractivity contribution in [3.05, 3.63) is 75.9 Å². The smallest absolute Gasteiger partial charge is 0.340 e. The number of aromatic nitrogens is 1. The van der Waals surface area contributed by atoms with Gasteiger partial charge in [-0.1, -0.05) is 48.0 Å². The van der Waals surface area contributed by atoms with Gasteiger partial charge in [0.25, 0.3) is 5.91 Å². The van der Waals surface area contributed by atoms with Crippen LogP contribution in [0.4, 0.5) is 13.2 Å². The van der Waals surface area contributed by atoms with Crippen LogP contribution in [0.3, 0.4) is 0 Å². The van der Waals surface area contributed by atoms with Gasteiger partial charge in [0.05, 0.1) is 5.57 Å². The highest BCUT2D eigenvalue weighted by Crippen LogP contribution is 2.36. The monoisotopic (exact) mass is 501 g/mol. The number of para-hydroxylation sites is 1. The van der Waals surface area contributed by atoms with E-state index in [-0.39, 0.29) is 22.5 Å². The van der Waals surface area contributed by atoms with Crippen LogP contribution in [0.1, 0.15) is 16.8 Å². The Bertz CT molecular complexity index is 1470. The molecule has 3 heterocycles. The van der Waals surface area contributed by atoms with Crippen LogP contribution in [0.2, 0.25) is 5.02 Å². The van der Waals surface area contributed by atoms with E-state index in [4.69, 9.17) is 17.0 Å². The van der Waals surface area contributed by atoms with Crippen molar-refractivity contribution in [1.82, 2.24) is 9.58 Å². The third-order valence-electron chi connectivity index (χ3n) is 5.55. The summed E-state index contributed by atoms with van der Waals surface area (Å²) in [4.78, 5) is 16.5. The summed E-state index contributed by atoms with van der Waals surface area (Å²) < 4.78 is 41.3. The number of alkyl halides is 3. The first-order valence-corrected chi connectivity index (χ1v) is 11.2. The zero-order chi connectivity index (χ0) is 24.2. The van der Waals surface area contributed by atoms with Gasteiger partial charge in [-0.25, -0.2) is 0 Å². The number of rotatable bonds is 3. The second kappa shape index (κ2) is 8.14. The number of benzene rings is 2. The second-order valence-corrected chi connectivity index (χ2v) is 8.98. The fourth-order valence-electron chi connectivity index (χ4n) is 3.89. The van der Waals surface area contributed by atoms with Crippen molar-refractivity contribution < 1.29 is 18.0 Å². The molecule has 5 rings (SSSR count). The fourth-order valence-corrected chi connectivity index (χ4v) is 4.85. The second-order valence-electron chi connectivity index (χ2n) is 7.62. The highest BCUT2D eigenvalue weighted by Gasteiger charge is 2.46. The van der Waals surface area contributed by atoms with E-state index >= 15 is 0 Å². The Hall–Kier alpha value is -3.37. The summed E-state index contributed by atoms with van der Waals surface area (Å²) in [5.41, 5.74) is 3.13. The van der Waals surface area contributed by atoms with Gasteiger partial charge in [0.1, 0.15) is 0 Å².